The van der Waals surface area contributed by atoms with Gasteiger partial charge < -0.3 is 4.90 Å². The van der Waals surface area contributed by atoms with Crippen LogP contribution in [-0.4, -0.2) is 28.9 Å². The van der Waals surface area contributed by atoms with Gasteiger partial charge in [0.25, 0.3) is 5.91 Å². The highest BCUT2D eigenvalue weighted by atomic mass is 16.2. The van der Waals surface area contributed by atoms with Crippen molar-refractivity contribution in [3.05, 3.63) is 54.4 Å². The summed E-state index contributed by atoms with van der Waals surface area (Å²) in [5.41, 5.74) is 2.77. The van der Waals surface area contributed by atoms with Gasteiger partial charge in [0.2, 0.25) is 0 Å². The third-order valence-electron chi connectivity index (χ3n) is 4.16. The van der Waals surface area contributed by atoms with E-state index in [2.05, 4.69) is 11.9 Å². The van der Waals surface area contributed by atoms with E-state index in [-0.39, 0.29) is 5.91 Å². The summed E-state index contributed by atoms with van der Waals surface area (Å²) in [5, 5.41) is 0. The van der Waals surface area contributed by atoms with Gasteiger partial charge in [-0.15, -0.1) is 0 Å². The average molecular weight is 280 g/mol. The molecule has 3 nitrogen and oxygen atoms in total. The lowest BCUT2D eigenvalue weighted by Crippen LogP contribution is -2.37. The van der Waals surface area contributed by atoms with Crippen molar-refractivity contribution >= 4 is 5.91 Å². The minimum Gasteiger partial charge on any atom is -0.339 e. The molecule has 0 unspecified atom stereocenters. The van der Waals surface area contributed by atoms with Crippen LogP contribution >= 0.6 is 0 Å². The van der Waals surface area contributed by atoms with Crippen molar-refractivity contribution < 1.29 is 4.79 Å². The van der Waals surface area contributed by atoms with Crippen LogP contribution in [0.3, 0.4) is 0 Å². The van der Waals surface area contributed by atoms with Gasteiger partial charge in [0.1, 0.15) is 0 Å². The number of likely N-dealkylation sites (tertiary alicyclic amines) is 1. The summed E-state index contributed by atoms with van der Waals surface area (Å²) in [6.45, 7) is 3.96. The lowest BCUT2D eigenvalue weighted by Gasteiger charge is -2.30. The highest BCUT2D eigenvalue weighted by molar-refractivity contribution is 5.95. The van der Waals surface area contributed by atoms with Gasteiger partial charge in [-0.05, 0) is 30.4 Å². The van der Waals surface area contributed by atoms with Gasteiger partial charge in [-0.25, -0.2) is 0 Å². The highest BCUT2D eigenvalue weighted by Crippen LogP contribution is 2.21. The van der Waals surface area contributed by atoms with E-state index in [0.717, 1.165) is 43.0 Å². The molecule has 1 aliphatic rings. The molecule has 1 aromatic carbocycles. The number of hydrogen-bond acceptors (Lipinski definition) is 2. The molecule has 1 amide bonds. The molecule has 0 bridgehead atoms. The molecular formula is C18H20N2O. The fourth-order valence-corrected chi connectivity index (χ4v) is 2.74. The third kappa shape index (κ3) is 3.13. The van der Waals surface area contributed by atoms with Crippen LogP contribution in [0.5, 0.6) is 0 Å². The topological polar surface area (TPSA) is 33.2 Å². The fraction of sp³-hybridized carbons (Fsp3) is 0.333. The molecule has 3 heteroatoms. The van der Waals surface area contributed by atoms with E-state index in [1.807, 2.05) is 47.5 Å². The van der Waals surface area contributed by atoms with Gasteiger partial charge in [-0.3, -0.25) is 9.78 Å². The van der Waals surface area contributed by atoms with Crippen LogP contribution in [0.4, 0.5) is 0 Å². The first-order chi connectivity index (χ1) is 10.2. The van der Waals surface area contributed by atoms with Crippen molar-refractivity contribution in [2.75, 3.05) is 13.1 Å². The van der Waals surface area contributed by atoms with Crippen molar-refractivity contribution in [1.29, 1.82) is 0 Å². The molecule has 1 saturated heterocycles. The van der Waals surface area contributed by atoms with E-state index in [9.17, 15) is 4.79 Å². The Morgan fingerprint density at radius 2 is 1.81 bits per heavy atom. The molecule has 108 valence electrons. The predicted molar refractivity (Wildman–Crippen MR) is 84.0 cm³/mol. The van der Waals surface area contributed by atoms with E-state index in [4.69, 9.17) is 0 Å². The first-order valence-corrected chi connectivity index (χ1v) is 7.54. The van der Waals surface area contributed by atoms with E-state index >= 15 is 0 Å². The number of benzene rings is 1. The minimum absolute atomic E-state index is 0.104. The van der Waals surface area contributed by atoms with E-state index in [1.54, 1.807) is 6.20 Å². The first kappa shape index (κ1) is 13.8. The number of aromatic nitrogens is 1. The second-order valence-corrected chi connectivity index (χ2v) is 5.80. The average Bonchev–Trinajstić information content (AvgIpc) is 2.56. The van der Waals surface area contributed by atoms with E-state index < -0.39 is 0 Å². The molecule has 1 aromatic heterocycles. The van der Waals surface area contributed by atoms with Gasteiger partial charge in [0.15, 0.2) is 0 Å². The molecule has 21 heavy (non-hydrogen) atoms. The van der Waals surface area contributed by atoms with Crippen molar-refractivity contribution in [3.8, 4) is 11.1 Å². The lowest BCUT2D eigenvalue weighted by atomic mass is 9.98. The molecule has 0 atom stereocenters. The number of pyridine rings is 1. The van der Waals surface area contributed by atoms with Crippen LogP contribution in [0.25, 0.3) is 11.1 Å². The second-order valence-electron chi connectivity index (χ2n) is 5.80. The highest BCUT2D eigenvalue weighted by Gasteiger charge is 2.21. The Labute approximate surface area is 125 Å². The van der Waals surface area contributed by atoms with Crippen molar-refractivity contribution in [2.45, 2.75) is 19.8 Å². The largest absolute Gasteiger partial charge is 0.339 e. The quantitative estimate of drug-likeness (QED) is 0.841. The zero-order valence-electron chi connectivity index (χ0n) is 12.3. The van der Waals surface area contributed by atoms with Crippen molar-refractivity contribution in [1.82, 2.24) is 9.88 Å². The SMILES string of the molecule is CC1CCN(C(=O)c2cncc(-c3ccccc3)c2)CC1. The molecule has 0 aliphatic carbocycles. The Kier molecular flexibility index (Phi) is 4.00. The Morgan fingerprint density at radius 3 is 2.52 bits per heavy atom. The molecule has 2 aromatic rings. The minimum atomic E-state index is 0.104. The van der Waals surface area contributed by atoms with Crippen LogP contribution < -0.4 is 0 Å². The second kappa shape index (κ2) is 6.08. The van der Waals surface area contributed by atoms with Crippen LogP contribution in [0.1, 0.15) is 30.1 Å². The summed E-state index contributed by atoms with van der Waals surface area (Å²) >= 11 is 0. The number of nitrogens with zero attached hydrogens (tertiary/aromatic N) is 2. The monoisotopic (exact) mass is 280 g/mol. The van der Waals surface area contributed by atoms with Crippen LogP contribution in [0.15, 0.2) is 48.8 Å². The summed E-state index contributed by atoms with van der Waals surface area (Å²) in [7, 11) is 0. The molecule has 1 fully saturated rings. The van der Waals surface area contributed by atoms with Crippen LogP contribution in [0.2, 0.25) is 0 Å². The van der Waals surface area contributed by atoms with Crippen molar-refractivity contribution in [2.24, 2.45) is 5.92 Å². The van der Waals surface area contributed by atoms with Gasteiger partial charge in [-0.2, -0.15) is 0 Å². The normalized spacial score (nSPS) is 16.0. The smallest absolute Gasteiger partial charge is 0.255 e. The Hall–Kier alpha value is -2.16. The summed E-state index contributed by atoms with van der Waals surface area (Å²) in [4.78, 5) is 18.8. The maximum absolute atomic E-state index is 12.6. The molecule has 0 radical (unpaired) electrons. The summed E-state index contributed by atoms with van der Waals surface area (Å²) in [6.07, 6.45) is 5.67. The number of rotatable bonds is 2. The van der Waals surface area contributed by atoms with Gasteiger partial charge in [0, 0.05) is 31.0 Å². The van der Waals surface area contributed by atoms with Gasteiger partial charge in [0.05, 0.1) is 5.56 Å². The maximum Gasteiger partial charge on any atom is 0.255 e. The van der Waals surface area contributed by atoms with Gasteiger partial charge in [-0.1, -0.05) is 37.3 Å². The number of amides is 1. The lowest BCUT2D eigenvalue weighted by molar-refractivity contribution is 0.0697. The molecule has 1 aliphatic heterocycles. The zero-order chi connectivity index (χ0) is 14.7. The first-order valence-electron chi connectivity index (χ1n) is 7.54. The fourth-order valence-electron chi connectivity index (χ4n) is 2.74. The Morgan fingerprint density at radius 1 is 1.10 bits per heavy atom. The van der Waals surface area contributed by atoms with Crippen LogP contribution in [0, 0.1) is 5.92 Å². The molecule has 2 heterocycles. The number of piperidine rings is 1. The maximum atomic E-state index is 12.6. The zero-order valence-corrected chi connectivity index (χ0v) is 12.3. The van der Waals surface area contributed by atoms with Gasteiger partial charge >= 0.3 is 0 Å². The summed E-state index contributed by atoms with van der Waals surface area (Å²) < 4.78 is 0. The molecule has 0 N–H and O–H groups in total. The van der Waals surface area contributed by atoms with Crippen LogP contribution in [-0.2, 0) is 0 Å². The molecule has 0 spiro atoms. The van der Waals surface area contributed by atoms with E-state index in [1.165, 1.54) is 0 Å². The Bertz CT molecular complexity index is 616. The molecule has 3 rings (SSSR count). The summed E-state index contributed by atoms with van der Waals surface area (Å²) in [6, 6.07) is 12.0. The predicted octanol–water partition coefficient (Wildman–Crippen LogP) is 3.62. The van der Waals surface area contributed by atoms with Crippen molar-refractivity contribution in [3.63, 3.8) is 0 Å². The summed E-state index contributed by atoms with van der Waals surface area (Å²) in [5.74, 6) is 0.829. The Balaban J connectivity index is 1.81. The van der Waals surface area contributed by atoms with E-state index in [0.29, 0.717) is 5.56 Å². The third-order valence-corrected chi connectivity index (χ3v) is 4.16. The standard InChI is InChI=1S/C18H20N2O/c1-14-7-9-20(10-8-14)18(21)17-11-16(12-19-13-17)15-5-3-2-4-6-15/h2-6,11-14H,7-10H2,1H3. The number of hydrogen-bond donors (Lipinski definition) is 0. The number of carbonyl (C=O) groups is 1. The molecule has 0 saturated carbocycles. The molecular weight excluding hydrogens is 260 g/mol. The number of carbonyl (C=O) groups excluding carboxylic acids is 1.